The van der Waals surface area contributed by atoms with Gasteiger partial charge in [0.15, 0.2) is 9.84 Å². The molecule has 0 aliphatic carbocycles. The molecule has 0 radical (unpaired) electrons. The third kappa shape index (κ3) is 2.16. The van der Waals surface area contributed by atoms with Gasteiger partial charge < -0.3 is 5.11 Å². The van der Waals surface area contributed by atoms with Crippen molar-refractivity contribution in [2.75, 3.05) is 5.75 Å². The molecule has 1 unspecified atom stereocenters. The zero-order valence-corrected chi connectivity index (χ0v) is 12.2. The van der Waals surface area contributed by atoms with E-state index in [-0.39, 0.29) is 17.2 Å². The van der Waals surface area contributed by atoms with Crippen molar-refractivity contribution in [1.29, 1.82) is 0 Å². The second kappa shape index (κ2) is 4.63. The number of aryl methyl sites for hydroxylation is 1. The Morgan fingerprint density at radius 2 is 2.05 bits per heavy atom. The number of aromatic carboxylic acids is 1. The average molecular weight is 282 g/mol. The van der Waals surface area contributed by atoms with Gasteiger partial charge in [-0.25, -0.2) is 13.2 Å². The maximum absolute atomic E-state index is 12.2. The summed E-state index contributed by atoms with van der Waals surface area (Å²) in [6.07, 6.45) is 1.40. The van der Waals surface area contributed by atoms with Crippen LogP contribution in [0.3, 0.4) is 0 Å². The summed E-state index contributed by atoms with van der Waals surface area (Å²) in [6, 6.07) is 1.48. The molecule has 0 fully saturated rings. The zero-order chi connectivity index (χ0) is 14.4. The van der Waals surface area contributed by atoms with Crippen LogP contribution < -0.4 is 0 Å². The molecule has 2 rings (SSSR count). The van der Waals surface area contributed by atoms with E-state index in [1.54, 1.807) is 13.8 Å². The minimum absolute atomic E-state index is 0.136. The summed E-state index contributed by atoms with van der Waals surface area (Å²) in [7, 11) is -3.27. The van der Waals surface area contributed by atoms with Gasteiger partial charge in [-0.1, -0.05) is 6.92 Å². The van der Waals surface area contributed by atoms with Gasteiger partial charge in [0.05, 0.1) is 16.2 Å². The number of carboxylic acids is 1. The molecular formula is C14H18O4S. The standard InChI is InChI=1S/C14H18O4S/c1-4-10-5-6-19(17,18)13-8(2)7-11(14(15)16)9(3)12(10)13/h7,10H,4-6H2,1-3H3,(H,15,16). The molecular weight excluding hydrogens is 264 g/mol. The molecule has 1 aliphatic rings. The second-order valence-corrected chi connectivity index (χ2v) is 7.17. The molecule has 19 heavy (non-hydrogen) atoms. The summed E-state index contributed by atoms with van der Waals surface area (Å²) >= 11 is 0. The first kappa shape index (κ1) is 14.1. The van der Waals surface area contributed by atoms with E-state index in [1.165, 1.54) is 6.07 Å². The number of fused-ring (bicyclic) bond motifs is 1. The van der Waals surface area contributed by atoms with E-state index in [0.717, 1.165) is 12.0 Å². The number of benzene rings is 1. The topological polar surface area (TPSA) is 71.4 Å². The fourth-order valence-corrected chi connectivity index (χ4v) is 5.00. The summed E-state index contributed by atoms with van der Waals surface area (Å²) in [5.74, 6) is -0.705. The third-order valence-electron chi connectivity index (χ3n) is 3.95. The van der Waals surface area contributed by atoms with Crippen LogP contribution in [0.4, 0.5) is 0 Å². The van der Waals surface area contributed by atoms with Gasteiger partial charge in [-0.15, -0.1) is 0 Å². The number of carboxylic acid groups (broad SMARTS) is 1. The molecule has 0 saturated heterocycles. The lowest BCUT2D eigenvalue weighted by Crippen LogP contribution is -2.23. The van der Waals surface area contributed by atoms with Crippen LogP contribution in [0.15, 0.2) is 11.0 Å². The summed E-state index contributed by atoms with van der Waals surface area (Å²) in [5, 5.41) is 9.23. The lowest BCUT2D eigenvalue weighted by atomic mass is 9.86. The predicted molar refractivity (Wildman–Crippen MR) is 72.6 cm³/mol. The highest BCUT2D eigenvalue weighted by Gasteiger charge is 2.34. The molecule has 0 spiro atoms. The highest BCUT2D eigenvalue weighted by Crippen LogP contribution is 2.40. The van der Waals surface area contributed by atoms with Crippen LogP contribution in [0.5, 0.6) is 0 Å². The Hall–Kier alpha value is -1.36. The Bertz CT molecular complexity index is 644. The molecule has 0 bridgehead atoms. The van der Waals surface area contributed by atoms with Gasteiger partial charge in [0.1, 0.15) is 0 Å². The molecule has 0 saturated carbocycles. The van der Waals surface area contributed by atoms with Crippen molar-refractivity contribution >= 4 is 15.8 Å². The molecule has 104 valence electrons. The quantitative estimate of drug-likeness (QED) is 0.905. The van der Waals surface area contributed by atoms with Crippen molar-refractivity contribution in [2.24, 2.45) is 0 Å². The van der Waals surface area contributed by atoms with E-state index in [2.05, 4.69) is 0 Å². The van der Waals surface area contributed by atoms with E-state index in [4.69, 9.17) is 0 Å². The minimum Gasteiger partial charge on any atom is -0.478 e. The molecule has 0 amide bonds. The van der Waals surface area contributed by atoms with Gasteiger partial charge in [0.25, 0.3) is 0 Å². The molecule has 0 aromatic heterocycles. The molecule has 1 aromatic rings. The summed E-state index contributed by atoms with van der Waals surface area (Å²) < 4.78 is 24.5. The van der Waals surface area contributed by atoms with Crippen molar-refractivity contribution in [3.05, 3.63) is 28.3 Å². The monoisotopic (exact) mass is 282 g/mol. The van der Waals surface area contributed by atoms with Crippen molar-refractivity contribution < 1.29 is 18.3 Å². The van der Waals surface area contributed by atoms with Crippen molar-refractivity contribution in [2.45, 2.75) is 44.4 Å². The molecule has 1 heterocycles. The number of hydrogen-bond donors (Lipinski definition) is 1. The van der Waals surface area contributed by atoms with Crippen LogP contribution in [-0.2, 0) is 9.84 Å². The van der Waals surface area contributed by atoms with Gasteiger partial charge in [-0.05, 0) is 55.4 Å². The van der Waals surface area contributed by atoms with Crippen LogP contribution in [-0.4, -0.2) is 25.2 Å². The molecule has 5 heteroatoms. The largest absolute Gasteiger partial charge is 0.478 e. The first-order valence-electron chi connectivity index (χ1n) is 6.39. The normalized spacial score (nSPS) is 20.9. The second-order valence-electron chi connectivity index (χ2n) is 5.13. The minimum atomic E-state index is -3.27. The van der Waals surface area contributed by atoms with Crippen LogP contribution in [0.2, 0.25) is 0 Å². The number of carbonyl (C=O) groups is 1. The Balaban J connectivity index is 2.86. The summed E-state index contributed by atoms with van der Waals surface area (Å²) in [5.41, 5.74) is 2.09. The molecule has 1 aliphatic heterocycles. The van der Waals surface area contributed by atoms with Gasteiger partial charge in [-0.2, -0.15) is 0 Å². The maximum Gasteiger partial charge on any atom is 0.335 e. The predicted octanol–water partition coefficient (Wildman–Crippen LogP) is 2.67. The number of hydrogen-bond acceptors (Lipinski definition) is 3. The first-order valence-corrected chi connectivity index (χ1v) is 8.05. The fourth-order valence-electron chi connectivity index (χ4n) is 3.00. The van der Waals surface area contributed by atoms with E-state index in [1.807, 2.05) is 6.92 Å². The maximum atomic E-state index is 12.2. The summed E-state index contributed by atoms with van der Waals surface area (Å²) in [4.78, 5) is 11.6. The molecule has 4 nitrogen and oxygen atoms in total. The van der Waals surface area contributed by atoms with Crippen LogP contribution in [0.1, 0.15) is 52.7 Å². The number of sulfone groups is 1. The smallest absolute Gasteiger partial charge is 0.335 e. The lowest BCUT2D eigenvalue weighted by molar-refractivity contribution is 0.0695. The number of rotatable bonds is 2. The van der Waals surface area contributed by atoms with Crippen molar-refractivity contribution in [1.82, 2.24) is 0 Å². The van der Waals surface area contributed by atoms with Crippen LogP contribution >= 0.6 is 0 Å². The first-order chi connectivity index (χ1) is 8.79. The Kier molecular flexibility index (Phi) is 3.43. The fraction of sp³-hybridized carbons (Fsp3) is 0.500. The highest BCUT2D eigenvalue weighted by molar-refractivity contribution is 7.91. The van der Waals surface area contributed by atoms with Gasteiger partial charge >= 0.3 is 5.97 Å². The van der Waals surface area contributed by atoms with E-state index in [9.17, 15) is 18.3 Å². The lowest BCUT2D eigenvalue weighted by Gasteiger charge is -2.28. The van der Waals surface area contributed by atoms with Crippen molar-refractivity contribution in [3.63, 3.8) is 0 Å². The van der Waals surface area contributed by atoms with Gasteiger partial charge in [-0.3, -0.25) is 0 Å². The Morgan fingerprint density at radius 1 is 1.42 bits per heavy atom. The van der Waals surface area contributed by atoms with Gasteiger partial charge in [0.2, 0.25) is 0 Å². The van der Waals surface area contributed by atoms with Gasteiger partial charge in [0, 0.05) is 0 Å². The van der Waals surface area contributed by atoms with E-state index >= 15 is 0 Å². The van der Waals surface area contributed by atoms with E-state index in [0.29, 0.717) is 22.4 Å². The SMILES string of the molecule is CCC1CCS(=O)(=O)c2c(C)cc(C(=O)O)c(C)c21. The Labute approximate surface area is 113 Å². The highest BCUT2D eigenvalue weighted by atomic mass is 32.2. The molecule has 1 aromatic carbocycles. The third-order valence-corrected chi connectivity index (χ3v) is 5.89. The summed E-state index contributed by atoms with van der Waals surface area (Å²) in [6.45, 7) is 5.40. The zero-order valence-electron chi connectivity index (χ0n) is 11.4. The van der Waals surface area contributed by atoms with Crippen LogP contribution in [0, 0.1) is 13.8 Å². The van der Waals surface area contributed by atoms with Crippen LogP contribution in [0.25, 0.3) is 0 Å². The molecule has 1 atom stereocenters. The van der Waals surface area contributed by atoms with Crippen molar-refractivity contribution in [3.8, 4) is 0 Å². The Morgan fingerprint density at radius 3 is 2.58 bits per heavy atom. The molecule has 1 N–H and O–H groups in total. The average Bonchev–Trinajstić information content (AvgIpc) is 2.32. The van der Waals surface area contributed by atoms with E-state index < -0.39 is 15.8 Å².